The van der Waals surface area contributed by atoms with E-state index in [2.05, 4.69) is 10.3 Å². The van der Waals surface area contributed by atoms with E-state index in [1.165, 1.54) is 23.5 Å². The lowest BCUT2D eigenvalue weighted by atomic mass is 10.0. The van der Waals surface area contributed by atoms with E-state index in [0.29, 0.717) is 4.88 Å². The average Bonchev–Trinajstić information content (AvgIpc) is 3.24. The quantitative estimate of drug-likeness (QED) is 0.661. The van der Waals surface area contributed by atoms with Gasteiger partial charge in [0.15, 0.2) is 0 Å². The Balaban J connectivity index is 1.59. The van der Waals surface area contributed by atoms with Gasteiger partial charge in [-0.25, -0.2) is 9.37 Å². The number of benzene rings is 1. The van der Waals surface area contributed by atoms with Crippen LogP contribution in [0, 0.1) is 12.7 Å². The third kappa shape index (κ3) is 3.36. The van der Waals surface area contributed by atoms with Crippen LogP contribution in [0.1, 0.15) is 33.4 Å². The van der Waals surface area contributed by atoms with Crippen LogP contribution in [0.25, 0.3) is 9.88 Å². The Bertz CT molecular complexity index is 921. The van der Waals surface area contributed by atoms with E-state index in [4.69, 9.17) is 0 Å². The lowest BCUT2D eigenvalue weighted by Gasteiger charge is -2.25. The molecular weight excluding hydrogens is 375 g/mol. The molecule has 1 aliphatic rings. The number of thiazole rings is 1. The van der Waals surface area contributed by atoms with Crippen molar-refractivity contribution < 1.29 is 9.18 Å². The first-order chi connectivity index (χ1) is 12.1. The Morgan fingerprint density at radius 2 is 2.24 bits per heavy atom. The summed E-state index contributed by atoms with van der Waals surface area (Å²) in [6.07, 6.45) is 0.794. The van der Waals surface area contributed by atoms with Gasteiger partial charge in [0.05, 0.1) is 16.6 Å². The minimum Gasteiger partial charge on any atom is -0.344 e. The van der Waals surface area contributed by atoms with Gasteiger partial charge in [-0.2, -0.15) is 0 Å². The number of carbonyl (C=O) groups excluding carboxylic acids is 1. The Labute approximate surface area is 157 Å². The second-order valence-electron chi connectivity index (χ2n) is 5.76. The van der Waals surface area contributed by atoms with Gasteiger partial charge in [0.25, 0.3) is 5.91 Å². The second-order valence-corrected chi connectivity index (χ2v) is 8.84. The zero-order valence-electron chi connectivity index (χ0n) is 13.4. The number of halogens is 1. The van der Waals surface area contributed by atoms with Crippen LogP contribution in [0.2, 0.25) is 0 Å². The number of nitrogens with zero attached hydrogens (tertiary/aromatic N) is 1. The molecule has 3 aromatic rings. The molecule has 7 heteroatoms. The molecule has 0 saturated carbocycles. The largest absolute Gasteiger partial charge is 0.344 e. The minimum absolute atomic E-state index is 0.134. The number of rotatable bonds is 3. The lowest BCUT2D eigenvalue weighted by molar-refractivity contribution is 0.0938. The first-order valence-corrected chi connectivity index (χ1v) is 10.5. The highest BCUT2D eigenvalue weighted by Gasteiger charge is 2.25. The number of thiophene rings is 1. The van der Waals surface area contributed by atoms with Crippen molar-refractivity contribution in [2.45, 2.75) is 24.3 Å². The van der Waals surface area contributed by atoms with Crippen molar-refractivity contribution in [1.29, 1.82) is 0 Å². The van der Waals surface area contributed by atoms with Crippen LogP contribution in [-0.4, -0.2) is 16.6 Å². The number of aromatic nitrogens is 1. The van der Waals surface area contributed by atoms with E-state index in [1.54, 1.807) is 29.2 Å². The molecule has 4 rings (SSSR count). The van der Waals surface area contributed by atoms with Crippen LogP contribution in [0.3, 0.4) is 0 Å². The fourth-order valence-electron chi connectivity index (χ4n) is 2.85. The summed E-state index contributed by atoms with van der Waals surface area (Å²) >= 11 is 4.72. The van der Waals surface area contributed by atoms with Gasteiger partial charge in [-0.05, 0) is 48.6 Å². The number of hydrogen-bond donors (Lipinski definition) is 1. The topological polar surface area (TPSA) is 42.0 Å². The number of carbonyl (C=O) groups is 1. The molecule has 0 spiro atoms. The smallest absolute Gasteiger partial charge is 0.263 e. The maximum absolute atomic E-state index is 13.6. The van der Waals surface area contributed by atoms with Gasteiger partial charge in [-0.3, -0.25) is 4.79 Å². The third-order valence-corrected chi connectivity index (χ3v) is 7.37. The fourth-order valence-corrected chi connectivity index (χ4v) is 5.72. The molecule has 1 amide bonds. The first kappa shape index (κ1) is 16.8. The zero-order chi connectivity index (χ0) is 17.4. The lowest BCUT2D eigenvalue weighted by Crippen LogP contribution is -2.30. The van der Waals surface area contributed by atoms with Crippen molar-refractivity contribution >= 4 is 40.3 Å². The highest BCUT2D eigenvalue weighted by molar-refractivity contribution is 7.99. The highest BCUT2D eigenvalue weighted by Crippen LogP contribution is 2.37. The Morgan fingerprint density at radius 3 is 3.04 bits per heavy atom. The van der Waals surface area contributed by atoms with Crippen molar-refractivity contribution in [3.63, 3.8) is 0 Å². The molecule has 1 aliphatic heterocycles. The van der Waals surface area contributed by atoms with Crippen LogP contribution in [0.4, 0.5) is 4.39 Å². The van der Waals surface area contributed by atoms with Crippen LogP contribution < -0.4 is 5.32 Å². The monoisotopic (exact) mass is 390 g/mol. The van der Waals surface area contributed by atoms with Crippen LogP contribution in [0.5, 0.6) is 0 Å². The molecule has 128 valence electrons. The number of fused-ring (bicyclic) bond motifs is 1. The molecule has 0 bridgehead atoms. The minimum atomic E-state index is -0.269. The van der Waals surface area contributed by atoms with E-state index in [-0.39, 0.29) is 17.8 Å². The molecule has 0 radical (unpaired) electrons. The molecule has 3 nitrogen and oxygen atoms in total. The fraction of sp³-hybridized carbons (Fsp3) is 0.222. The maximum Gasteiger partial charge on any atom is 0.263 e. The predicted molar refractivity (Wildman–Crippen MR) is 102 cm³/mol. The SMILES string of the molecule is Cc1nc(-c2cccs2)sc1C(=O)NC1CCSc2ccc(F)cc21. The maximum atomic E-state index is 13.6. The van der Waals surface area contributed by atoms with E-state index in [0.717, 1.165) is 38.2 Å². The summed E-state index contributed by atoms with van der Waals surface area (Å²) in [5.41, 5.74) is 1.60. The van der Waals surface area contributed by atoms with E-state index in [1.807, 2.05) is 24.4 Å². The molecule has 0 fully saturated rings. The van der Waals surface area contributed by atoms with Gasteiger partial charge in [0.2, 0.25) is 0 Å². The molecule has 1 aromatic carbocycles. The van der Waals surface area contributed by atoms with Gasteiger partial charge in [-0.15, -0.1) is 34.4 Å². The number of thioether (sulfide) groups is 1. The summed E-state index contributed by atoms with van der Waals surface area (Å²) in [5, 5.41) is 5.93. The van der Waals surface area contributed by atoms with E-state index < -0.39 is 0 Å². The molecule has 25 heavy (non-hydrogen) atoms. The summed E-state index contributed by atoms with van der Waals surface area (Å²) < 4.78 is 13.6. The second kappa shape index (κ2) is 6.90. The summed E-state index contributed by atoms with van der Waals surface area (Å²) in [6, 6.07) is 8.61. The van der Waals surface area contributed by atoms with Crippen molar-refractivity contribution in [2.24, 2.45) is 0 Å². The Hall–Kier alpha value is -1.70. The number of hydrogen-bond acceptors (Lipinski definition) is 5. The number of nitrogens with one attached hydrogen (secondary N) is 1. The standard InChI is InChI=1S/C18H15FN2OS3/c1-10-16(25-18(20-10)15-3-2-7-23-15)17(22)21-13-6-8-24-14-5-4-11(19)9-12(13)14/h2-5,7,9,13H,6,8H2,1H3,(H,21,22). The number of aryl methyl sites for hydroxylation is 1. The molecule has 2 aromatic heterocycles. The van der Waals surface area contributed by atoms with Crippen molar-refractivity contribution in [3.8, 4) is 9.88 Å². The third-order valence-electron chi connectivity index (χ3n) is 4.05. The Kier molecular flexibility index (Phi) is 4.62. The molecule has 1 unspecified atom stereocenters. The zero-order valence-corrected chi connectivity index (χ0v) is 15.9. The summed E-state index contributed by atoms with van der Waals surface area (Å²) in [6.45, 7) is 1.85. The molecule has 1 atom stereocenters. The highest BCUT2D eigenvalue weighted by atomic mass is 32.2. The number of amides is 1. The van der Waals surface area contributed by atoms with Gasteiger partial charge < -0.3 is 5.32 Å². The van der Waals surface area contributed by atoms with Gasteiger partial charge >= 0.3 is 0 Å². The van der Waals surface area contributed by atoms with Crippen LogP contribution in [-0.2, 0) is 0 Å². The van der Waals surface area contributed by atoms with Crippen molar-refractivity contribution in [3.05, 3.63) is 57.7 Å². The molecule has 0 saturated heterocycles. The normalized spacial score (nSPS) is 16.5. The molecule has 0 aliphatic carbocycles. The van der Waals surface area contributed by atoms with Gasteiger partial charge in [0, 0.05) is 10.6 Å². The molecule has 3 heterocycles. The molecular formula is C18H15FN2OS3. The van der Waals surface area contributed by atoms with Crippen LogP contribution >= 0.6 is 34.4 Å². The van der Waals surface area contributed by atoms with Crippen molar-refractivity contribution in [1.82, 2.24) is 10.3 Å². The van der Waals surface area contributed by atoms with Crippen LogP contribution in [0.15, 0.2) is 40.6 Å². The summed E-state index contributed by atoms with van der Waals surface area (Å²) in [5.74, 6) is 0.505. The van der Waals surface area contributed by atoms with E-state index >= 15 is 0 Å². The molecule has 1 N–H and O–H groups in total. The van der Waals surface area contributed by atoms with E-state index in [9.17, 15) is 9.18 Å². The average molecular weight is 391 g/mol. The summed E-state index contributed by atoms with van der Waals surface area (Å²) in [4.78, 5) is 20.0. The first-order valence-electron chi connectivity index (χ1n) is 7.86. The Morgan fingerprint density at radius 1 is 1.36 bits per heavy atom. The summed E-state index contributed by atoms with van der Waals surface area (Å²) in [7, 11) is 0. The predicted octanol–water partition coefficient (Wildman–Crippen LogP) is 5.29. The van der Waals surface area contributed by atoms with Gasteiger partial charge in [-0.1, -0.05) is 6.07 Å². The van der Waals surface area contributed by atoms with Crippen molar-refractivity contribution in [2.75, 3.05) is 5.75 Å². The van der Waals surface area contributed by atoms with Gasteiger partial charge in [0.1, 0.15) is 15.7 Å².